The Balaban J connectivity index is 2.00. The predicted octanol–water partition coefficient (Wildman–Crippen LogP) is 3.31. The largest absolute Gasteiger partial charge is 0.491 e. The average Bonchev–Trinajstić information content (AvgIpc) is 2.60. The molecule has 8 heteroatoms. The van der Waals surface area contributed by atoms with Crippen LogP contribution in [-0.4, -0.2) is 39.8 Å². The van der Waals surface area contributed by atoms with E-state index in [0.29, 0.717) is 10.7 Å². The van der Waals surface area contributed by atoms with E-state index in [2.05, 4.69) is 5.32 Å². The summed E-state index contributed by atoms with van der Waals surface area (Å²) in [5.74, 6) is 0.342. The summed E-state index contributed by atoms with van der Waals surface area (Å²) in [6.45, 7) is 5.99. The van der Waals surface area contributed by atoms with Crippen LogP contribution in [0.2, 0.25) is 5.02 Å². The van der Waals surface area contributed by atoms with Crippen LogP contribution in [0.25, 0.3) is 0 Å². The lowest BCUT2D eigenvalue weighted by atomic mass is 10.1. The van der Waals surface area contributed by atoms with Gasteiger partial charge in [0.05, 0.1) is 18.5 Å². The van der Waals surface area contributed by atoms with Crippen LogP contribution in [0.5, 0.6) is 5.75 Å². The highest BCUT2D eigenvalue weighted by atomic mass is 35.5. The third kappa shape index (κ3) is 5.87. The Labute approximate surface area is 171 Å². The van der Waals surface area contributed by atoms with Crippen molar-refractivity contribution in [2.24, 2.45) is 0 Å². The zero-order valence-corrected chi connectivity index (χ0v) is 18.0. The van der Waals surface area contributed by atoms with Gasteiger partial charge < -0.3 is 10.1 Å². The van der Waals surface area contributed by atoms with Gasteiger partial charge in [0.15, 0.2) is 0 Å². The Morgan fingerprint density at radius 3 is 2.57 bits per heavy atom. The van der Waals surface area contributed by atoms with E-state index < -0.39 is 22.0 Å². The number of rotatable bonds is 8. The van der Waals surface area contributed by atoms with Gasteiger partial charge in [0.2, 0.25) is 15.9 Å². The minimum atomic E-state index is -3.68. The molecule has 2 aromatic rings. The zero-order chi connectivity index (χ0) is 20.9. The van der Waals surface area contributed by atoms with Crippen molar-refractivity contribution in [2.75, 3.05) is 23.7 Å². The molecule has 0 bridgehead atoms. The topological polar surface area (TPSA) is 75.7 Å². The van der Waals surface area contributed by atoms with Crippen LogP contribution in [-0.2, 0) is 14.8 Å². The van der Waals surface area contributed by atoms with Crippen LogP contribution in [0.3, 0.4) is 0 Å². The van der Waals surface area contributed by atoms with E-state index in [-0.39, 0.29) is 13.2 Å². The quantitative estimate of drug-likeness (QED) is 0.659. The number of ether oxygens (including phenoxy) is 1. The maximum Gasteiger partial charge on any atom is 0.243 e. The Morgan fingerprint density at radius 2 is 1.93 bits per heavy atom. The summed E-state index contributed by atoms with van der Waals surface area (Å²) in [6, 6.07) is 11.4. The van der Waals surface area contributed by atoms with Gasteiger partial charge in [-0.05, 0) is 56.2 Å². The minimum Gasteiger partial charge on any atom is -0.491 e. The van der Waals surface area contributed by atoms with E-state index in [1.165, 1.54) is 13.0 Å². The first kappa shape index (κ1) is 22.0. The summed E-state index contributed by atoms with van der Waals surface area (Å²) < 4.78 is 31.3. The third-order valence-corrected chi connectivity index (χ3v) is 5.63. The number of carbonyl (C=O) groups is 1. The monoisotopic (exact) mass is 424 g/mol. The Kier molecular flexibility index (Phi) is 7.32. The maximum absolute atomic E-state index is 12.5. The minimum absolute atomic E-state index is 0.254. The van der Waals surface area contributed by atoms with Gasteiger partial charge in [-0.2, -0.15) is 0 Å². The molecule has 1 N–H and O–H groups in total. The molecule has 0 saturated carbocycles. The fraction of sp³-hybridized carbons (Fsp3) is 0.350. The second-order valence-electron chi connectivity index (χ2n) is 6.62. The van der Waals surface area contributed by atoms with E-state index in [1.54, 1.807) is 18.2 Å². The van der Waals surface area contributed by atoms with Crippen molar-refractivity contribution in [1.29, 1.82) is 0 Å². The van der Waals surface area contributed by atoms with Crippen LogP contribution in [0, 0.1) is 13.8 Å². The SMILES string of the molecule is Cc1ccc(C)c(OCCNC(=O)C(C)N(c2cccc(Cl)c2)S(C)(=O)=O)c1. The number of nitrogens with zero attached hydrogens (tertiary/aromatic N) is 1. The molecule has 1 unspecified atom stereocenters. The number of anilines is 1. The van der Waals surface area contributed by atoms with E-state index >= 15 is 0 Å². The van der Waals surface area contributed by atoms with Gasteiger partial charge in [0.1, 0.15) is 18.4 Å². The first-order valence-corrected chi connectivity index (χ1v) is 11.0. The number of benzene rings is 2. The molecule has 0 aliphatic heterocycles. The molecular weight excluding hydrogens is 400 g/mol. The van der Waals surface area contributed by atoms with Crippen LogP contribution in [0.1, 0.15) is 18.1 Å². The number of amides is 1. The number of nitrogens with one attached hydrogen (secondary N) is 1. The van der Waals surface area contributed by atoms with Crippen LogP contribution in [0.4, 0.5) is 5.69 Å². The summed E-state index contributed by atoms with van der Waals surface area (Å²) in [5, 5.41) is 3.11. The van der Waals surface area contributed by atoms with Gasteiger partial charge in [-0.1, -0.05) is 29.8 Å². The van der Waals surface area contributed by atoms with Crippen molar-refractivity contribution >= 4 is 33.2 Å². The van der Waals surface area contributed by atoms with Crippen LogP contribution < -0.4 is 14.4 Å². The molecule has 1 atom stereocenters. The first-order valence-electron chi connectivity index (χ1n) is 8.82. The molecule has 152 valence electrons. The lowest BCUT2D eigenvalue weighted by Gasteiger charge is -2.28. The Hall–Kier alpha value is -2.25. The standard InChI is InChI=1S/C20H25ClN2O4S/c1-14-8-9-15(2)19(12-14)27-11-10-22-20(24)16(3)23(28(4,25)26)18-7-5-6-17(21)13-18/h5-9,12-13,16H,10-11H2,1-4H3,(H,22,24). The highest BCUT2D eigenvalue weighted by Gasteiger charge is 2.29. The summed E-state index contributed by atoms with van der Waals surface area (Å²) in [6.07, 6.45) is 1.06. The number of hydrogen-bond donors (Lipinski definition) is 1. The van der Waals surface area contributed by atoms with Gasteiger partial charge in [-0.25, -0.2) is 8.42 Å². The van der Waals surface area contributed by atoms with Gasteiger partial charge >= 0.3 is 0 Å². The van der Waals surface area contributed by atoms with E-state index in [4.69, 9.17) is 16.3 Å². The lowest BCUT2D eigenvalue weighted by molar-refractivity contribution is -0.121. The number of aryl methyl sites for hydroxylation is 2. The molecule has 0 radical (unpaired) electrons. The number of sulfonamides is 1. The fourth-order valence-corrected chi connectivity index (χ4v) is 4.12. The van der Waals surface area contributed by atoms with Crippen molar-refractivity contribution in [3.05, 3.63) is 58.6 Å². The Morgan fingerprint density at radius 1 is 1.21 bits per heavy atom. The highest BCUT2D eigenvalue weighted by molar-refractivity contribution is 7.92. The second kappa shape index (κ2) is 9.30. The van der Waals surface area contributed by atoms with E-state index in [9.17, 15) is 13.2 Å². The van der Waals surface area contributed by atoms with E-state index in [0.717, 1.165) is 27.4 Å². The van der Waals surface area contributed by atoms with Crippen molar-refractivity contribution in [3.63, 3.8) is 0 Å². The molecule has 2 rings (SSSR count). The highest BCUT2D eigenvalue weighted by Crippen LogP contribution is 2.24. The molecule has 28 heavy (non-hydrogen) atoms. The molecular formula is C20H25ClN2O4S. The number of carbonyl (C=O) groups excluding carboxylic acids is 1. The summed E-state index contributed by atoms with van der Waals surface area (Å²) in [4.78, 5) is 12.5. The molecule has 0 aliphatic rings. The van der Waals surface area contributed by atoms with Crippen molar-refractivity contribution in [2.45, 2.75) is 26.8 Å². The fourth-order valence-electron chi connectivity index (χ4n) is 2.77. The predicted molar refractivity (Wildman–Crippen MR) is 113 cm³/mol. The summed E-state index contributed by atoms with van der Waals surface area (Å²) in [5.41, 5.74) is 2.43. The van der Waals surface area contributed by atoms with Gasteiger partial charge in [-0.15, -0.1) is 0 Å². The summed E-state index contributed by atoms with van der Waals surface area (Å²) >= 11 is 5.97. The Bertz CT molecular complexity index is 947. The van der Waals surface area contributed by atoms with Crippen molar-refractivity contribution in [1.82, 2.24) is 5.32 Å². The van der Waals surface area contributed by atoms with Gasteiger partial charge in [-0.3, -0.25) is 9.10 Å². The summed E-state index contributed by atoms with van der Waals surface area (Å²) in [7, 11) is -3.68. The van der Waals surface area contributed by atoms with E-state index in [1.807, 2.05) is 32.0 Å². The van der Waals surface area contributed by atoms with Gasteiger partial charge in [0.25, 0.3) is 0 Å². The van der Waals surface area contributed by atoms with Gasteiger partial charge in [0, 0.05) is 5.02 Å². The number of halogens is 1. The number of hydrogen-bond acceptors (Lipinski definition) is 4. The molecule has 0 aliphatic carbocycles. The molecule has 0 heterocycles. The zero-order valence-electron chi connectivity index (χ0n) is 16.4. The van der Waals surface area contributed by atoms with Crippen LogP contribution in [0.15, 0.2) is 42.5 Å². The van der Waals surface area contributed by atoms with Crippen molar-refractivity contribution in [3.8, 4) is 5.75 Å². The molecule has 0 aromatic heterocycles. The molecule has 0 spiro atoms. The lowest BCUT2D eigenvalue weighted by Crippen LogP contribution is -2.48. The van der Waals surface area contributed by atoms with Crippen molar-refractivity contribution < 1.29 is 17.9 Å². The second-order valence-corrected chi connectivity index (χ2v) is 8.92. The molecule has 6 nitrogen and oxygen atoms in total. The maximum atomic E-state index is 12.5. The first-order chi connectivity index (χ1) is 13.1. The third-order valence-electron chi connectivity index (χ3n) is 4.15. The van der Waals surface area contributed by atoms with Crippen LogP contribution >= 0.6 is 11.6 Å². The molecule has 0 saturated heterocycles. The average molecular weight is 425 g/mol. The molecule has 2 aromatic carbocycles. The smallest absolute Gasteiger partial charge is 0.243 e. The molecule has 0 fully saturated rings. The normalized spacial score (nSPS) is 12.3. The molecule has 1 amide bonds.